The summed E-state index contributed by atoms with van der Waals surface area (Å²) in [4.78, 5) is 11.8. The van der Waals surface area contributed by atoms with Crippen LogP contribution in [0.5, 0.6) is 0 Å². The molecular weight excluding hydrogens is 374 g/mol. The van der Waals surface area contributed by atoms with E-state index in [1.165, 1.54) is 19.2 Å². The average Bonchev–Trinajstić information content (AvgIpc) is 2.72. The molecule has 0 amide bonds. The SMILES string of the molecule is COC(=O)c1cccc(C#Cc2cccc(NS(=O)(=O)c3ccccc3)c2)c1. The topological polar surface area (TPSA) is 72.5 Å². The van der Waals surface area contributed by atoms with Crippen molar-refractivity contribution in [1.29, 1.82) is 0 Å². The number of anilines is 1. The van der Waals surface area contributed by atoms with Gasteiger partial charge >= 0.3 is 5.97 Å². The normalized spacial score (nSPS) is 10.5. The number of methoxy groups -OCH3 is 1. The number of sulfonamides is 1. The Kier molecular flexibility index (Phi) is 5.78. The Labute approximate surface area is 164 Å². The molecule has 0 aliphatic heterocycles. The molecule has 0 radical (unpaired) electrons. The Morgan fingerprint density at radius 2 is 1.50 bits per heavy atom. The van der Waals surface area contributed by atoms with E-state index in [-0.39, 0.29) is 4.90 Å². The number of rotatable bonds is 4. The highest BCUT2D eigenvalue weighted by atomic mass is 32.2. The standard InChI is InChI=1S/C22H17NO4S/c1-27-22(24)19-9-5-7-17(15-19)13-14-18-8-6-10-20(16-18)23-28(25,26)21-11-3-2-4-12-21/h2-12,15-16,23H,1H3. The van der Waals surface area contributed by atoms with Crippen molar-refractivity contribution in [1.82, 2.24) is 0 Å². The van der Waals surface area contributed by atoms with Gasteiger partial charge in [-0.3, -0.25) is 4.72 Å². The lowest BCUT2D eigenvalue weighted by Crippen LogP contribution is -2.12. The smallest absolute Gasteiger partial charge is 0.337 e. The Bertz CT molecular complexity index is 1160. The fourth-order valence-electron chi connectivity index (χ4n) is 2.46. The van der Waals surface area contributed by atoms with Gasteiger partial charge in [0.2, 0.25) is 0 Å². The molecule has 0 saturated heterocycles. The largest absolute Gasteiger partial charge is 0.465 e. The number of ether oxygens (including phenoxy) is 1. The number of nitrogens with one attached hydrogen (secondary N) is 1. The molecule has 0 atom stereocenters. The molecule has 0 unspecified atom stereocenters. The minimum absolute atomic E-state index is 0.186. The highest BCUT2D eigenvalue weighted by molar-refractivity contribution is 7.92. The van der Waals surface area contributed by atoms with Crippen LogP contribution in [-0.4, -0.2) is 21.5 Å². The number of hydrogen-bond acceptors (Lipinski definition) is 4. The third kappa shape index (κ3) is 4.78. The van der Waals surface area contributed by atoms with Gasteiger partial charge in [0.25, 0.3) is 10.0 Å². The van der Waals surface area contributed by atoms with Crippen molar-refractivity contribution in [3.05, 3.63) is 95.6 Å². The molecular formula is C22H17NO4S. The van der Waals surface area contributed by atoms with Crippen LogP contribution in [0, 0.1) is 11.8 Å². The molecule has 0 bridgehead atoms. The lowest BCUT2D eigenvalue weighted by Gasteiger charge is -2.08. The number of carbonyl (C=O) groups is 1. The number of benzene rings is 3. The van der Waals surface area contributed by atoms with Crippen molar-refractivity contribution < 1.29 is 17.9 Å². The fourth-order valence-corrected chi connectivity index (χ4v) is 3.53. The maximum absolute atomic E-state index is 12.4. The second-order valence-electron chi connectivity index (χ2n) is 5.82. The second kappa shape index (κ2) is 8.42. The molecule has 0 heterocycles. The molecule has 3 aromatic rings. The molecule has 0 aliphatic carbocycles. The zero-order valence-electron chi connectivity index (χ0n) is 15.0. The minimum atomic E-state index is -3.66. The maximum atomic E-state index is 12.4. The van der Waals surface area contributed by atoms with Gasteiger partial charge in [-0.1, -0.05) is 42.2 Å². The van der Waals surface area contributed by atoms with E-state index >= 15 is 0 Å². The third-order valence-electron chi connectivity index (χ3n) is 3.80. The van der Waals surface area contributed by atoms with Crippen LogP contribution in [-0.2, 0) is 14.8 Å². The van der Waals surface area contributed by atoms with Gasteiger partial charge in [0.1, 0.15) is 0 Å². The average molecular weight is 391 g/mol. The van der Waals surface area contributed by atoms with Crippen LogP contribution < -0.4 is 4.72 Å². The van der Waals surface area contributed by atoms with E-state index in [2.05, 4.69) is 16.6 Å². The number of esters is 1. The zero-order chi connectivity index (χ0) is 20.0. The predicted molar refractivity (Wildman–Crippen MR) is 107 cm³/mol. The Balaban J connectivity index is 1.82. The fraction of sp³-hybridized carbons (Fsp3) is 0.0455. The highest BCUT2D eigenvalue weighted by Gasteiger charge is 2.13. The van der Waals surface area contributed by atoms with Crippen molar-refractivity contribution >= 4 is 21.7 Å². The summed E-state index contributed by atoms with van der Waals surface area (Å²) >= 11 is 0. The van der Waals surface area contributed by atoms with E-state index in [4.69, 9.17) is 4.74 Å². The van der Waals surface area contributed by atoms with Crippen LogP contribution >= 0.6 is 0 Å². The molecule has 0 aliphatic rings. The van der Waals surface area contributed by atoms with Gasteiger partial charge in [-0.25, -0.2) is 13.2 Å². The molecule has 0 saturated carbocycles. The summed E-state index contributed by atoms with van der Waals surface area (Å²) in [6.07, 6.45) is 0. The zero-order valence-corrected chi connectivity index (χ0v) is 15.9. The molecule has 1 N–H and O–H groups in total. The lowest BCUT2D eigenvalue weighted by atomic mass is 10.1. The van der Waals surface area contributed by atoms with E-state index in [1.54, 1.807) is 66.7 Å². The molecule has 6 heteroatoms. The first-order valence-electron chi connectivity index (χ1n) is 8.36. The molecule has 28 heavy (non-hydrogen) atoms. The van der Waals surface area contributed by atoms with Gasteiger partial charge in [-0.2, -0.15) is 0 Å². The summed E-state index contributed by atoms with van der Waals surface area (Å²) < 4.78 is 32.1. The van der Waals surface area contributed by atoms with E-state index in [0.717, 1.165) is 0 Å². The van der Waals surface area contributed by atoms with E-state index in [9.17, 15) is 13.2 Å². The molecule has 3 aromatic carbocycles. The first kappa shape index (κ1) is 19.2. The van der Waals surface area contributed by atoms with E-state index < -0.39 is 16.0 Å². The Hall–Kier alpha value is -3.56. The monoisotopic (exact) mass is 391 g/mol. The minimum Gasteiger partial charge on any atom is -0.465 e. The Morgan fingerprint density at radius 3 is 2.18 bits per heavy atom. The Morgan fingerprint density at radius 1 is 0.857 bits per heavy atom. The van der Waals surface area contributed by atoms with Crippen LogP contribution in [0.4, 0.5) is 5.69 Å². The van der Waals surface area contributed by atoms with Crippen molar-refractivity contribution in [2.24, 2.45) is 0 Å². The van der Waals surface area contributed by atoms with Crippen molar-refractivity contribution in [2.75, 3.05) is 11.8 Å². The summed E-state index contributed by atoms with van der Waals surface area (Å²) in [5, 5.41) is 0. The van der Waals surface area contributed by atoms with Crippen molar-refractivity contribution in [2.45, 2.75) is 4.90 Å². The number of carbonyl (C=O) groups excluding carboxylic acids is 1. The number of hydrogen-bond donors (Lipinski definition) is 1. The molecule has 0 fully saturated rings. The summed E-state index contributed by atoms with van der Waals surface area (Å²) in [6, 6.07) is 21.7. The van der Waals surface area contributed by atoms with Gasteiger partial charge < -0.3 is 4.74 Å². The molecule has 0 spiro atoms. The van der Waals surface area contributed by atoms with Crippen molar-refractivity contribution in [3.8, 4) is 11.8 Å². The predicted octanol–water partition coefficient (Wildman–Crippen LogP) is 3.67. The van der Waals surface area contributed by atoms with E-state index in [0.29, 0.717) is 22.4 Å². The lowest BCUT2D eigenvalue weighted by molar-refractivity contribution is 0.0600. The maximum Gasteiger partial charge on any atom is 0.337 e. The van der Waals surface area contributed by atoms with Crippen LogP contribution in [0.1, 0.15) is 21.5 Å². The summed E-state index contributed by atoms with van der Waals surface area (Å²) in [5.74, 6) is 5.51. The van der Waals surface area contributed by atoms with Crippen LogP contribution in [0.3, 0.4) is 0 Å². The van der Waals surface area contributed by atoms with Crippen LogP contribution in [0.2, 0.25) is 0 Å². The molecule has 5 nitrogen and oxygen atoms in total. The molecule has 3 rings (SSSR count). The van der Waals surface area contributed by atoms with Gasteiger partial charge in [0.15, 0.2) is 0 Å². The second-order valence-corrected chi connectivity index (χ2v) is 7.50. The summed E-state index contributed by atoms with van der Waals surface area (Å²) in [5.41, 5.74) is 2.12. The van der Waals surface area contributed by atoms with Crippen LogP contribution in [0.25, 0.3) is 0 Å². The summed E-state index contributed by atoms with van der Waals surface area (Å²) in [7, 11) is -2.34. The molecule has 0 aromatic heterocycles. The van der Waals surface area contributed by atoms with Crippen LogP contribution in [0.15, 0.2) is 83.8 Å². The van der Waals surface area contributed by atoms with Crippen molar-refractivity contribution in [3.63, 3.8) is 0 Å². The molecule has 140 valence electrons. The van der Waals surface area contributed by atoms with Gasteiger partial charge in [0.05, 0.1) is 23.3 Å². The summed E-state index contributed by atoms with van der Waals surface area (Å²) in [6.45, 7) is 0. The van der Waals surface area contributed by atoms with Gasteiger partial charge in [-0.15, -0.1) is 0 Å². The van der Waals surface area contributed by atoms with Gasteiger partial charge in [0, 0.05) is 11.1 Å². The first-order valence-corrected chi connectivity index (χ1v) is 9.84. The first-order chi connectivity index (χ1) is 13.5. The van der Waals surface area contributed by atoms with E-state index in [1.807, 2.05) is 0 Å². The van der Waals surface area contributed by atoms with Gasteiger partial charge in [-0.05, 0) is 48.5 Å². The quantitative estimate of drug-likeness (QED) is 0.544. The highest BCUT2D eigenvalue weighted by Crippen LogP contribution is 2.17. The third-order valence-corrected chi connectivity index (χ3v) is 5.20.